The van der Waals surface area contributed by atoms with Crippen LogP contribution in [0.5, 0.6) is 0 Å². The molecule has 0 aromatic heterocycles. The second kappa shape index (κ2) is 4.68. The number of hydrogen-bond donors (Lipinski definition) is 1. The number of carbonyl (C=O) groups is 2. The van der Waals surface area contributed by atoms with E-state index in [9.17, 15) is 14.7 Å². The van der Waals surface area contributed by atoms with Crippen LogP contribution in [-0.4, -0.2) is 55.4 Å². The molecule has 7 heteroatoms. The molecule has 7 nitrogen and oxygen atoms in total. The van der Waals surface area contributed by atoms with Gasteiger partial charge in [0.15, 0.2) is 11.7 Å². The van der Waals surface area contributed by atoms with Crippen LogP contribution >= 0.6 is 0 Å². The lowest BCUT2D eigenvalue weighted by Crippen LogP contribution is -2.38. The van der Waals surface area contributed by atoms with Gasteiger partial charge in [-0.15, -0.1) is 0 Å². The molecule has 0 aromatic carbocycles. The van der Waals surface area contributed by atoms with Gasteiger partial charge in [0.25, 0.3) is 0 Å². The molecule has 2 aliphatic heterocycles. The molecule has 2 saturated heterocycles. The Morgan fingerprint density at radius 3 is 2.35 bits per heavy atom. The van der Waals surface area contributed by atoms with Gasteiger partial charge in [0.05, 0.1) is 25.9 Å². The monoisotopic (exact) mass is 286 g/mol. The summed E-state index contributed by atoms with van der Waals surface area (Å²) in [5.41, 5.74) is -1.44. The van der Waals surface area contributed by atoms with Crippen LogP contribution in [0, 0.1) is 17.3 Å². The summed E-state index contributed by atoms with van der Waals surface area (Å²) in [7, 11) is 0. The second-order valence-corrected chi connectivity index (χ2v) is 5.23. The lowest BCUT2D eigenvalue weighted by molar-refractivity contribution is -0.169. The molecule has 20 heavy (non-hydrogen) atoms. The van der Waals surface area contributed by atoms with E-state index in [-0.39, 0.29) is 25.9 Å². The van der Waals surface area contributed by atoms with Gasteiger partial charge in [-0.25, -0.2) is 0 Å². The molecule has 1 saturated carbocycles. The third kappa shape index (κ3) is 1.57. The van der Waals surface area contributed by atoms with Crippen molar-refractivity contribution >= 4 is 11.9 Å². The molecule has 3 aliphatic rings. The number of aliphatic hydroxyl groups excluding tert-OH is 1. The van der Waals surface area contributed by atoms with Gasteiger partial charge in [-0.2, -0.15) is 0 Å². The Balaban J connectivity index is 1.93. The van der Waals surface area contributed by atoms with E-state index in [2.05, 4.69) is 0 Å². The van der Waals surface area contributed by atoms with Crippen molar-refractivity contribution in [3.63, 3.8) is 0 Å². The molecule has 0 amide bonds. The molecule has 2 heterocycles. The molecule has 1 N–H and O–H groups in total. The van der Waals surface area contributed by atoms with Crippen LogP contribution in [-0.2, 0) is 28.5 Å². The smallest absolute Gasteiger partial charge is 0.324 e. The zero-order valence-electron chi connectivity index (χ0n) is 11.4. The second-order valence-electron chi connectivity index (χ2n) is 5.23. The fourth-order valence-corrected chi connectivity index (χ4v) is 3.55. The lowest BCUT2D eigenvalue weighted by atomic mass is 9.99. The van der Waals surface area contributed by atoms with Gasteiger partial charge in [-0.05, 0) is 13.8 Å². The molecule has 3 rings (SSSR count). The first-order chi connectivity index (χ1) is 9.58. The number of rotatable bonds is 4. The third-order valence-electron chi connectivity index (χ3n) is 4.34. The van der Waals surface area contributed by atoms with Crippen molar-refractivity contribution in [2.45, 2.75) is 32.3 Å². The Morgan fingerprint density at radius 1 is 1.20 bits per heavy atom. The number of carbonyl (C=O) groups excluding carboxylic acids is 2. The van der Waals surface area contributed by atoms with Gasteiger partial charge in [0.2, 0.25) is 0 Å². The number of fused-ring (bicyclic) bond motifs is 4. The zero-order valence-corrected chi connectivity index (χ0v) is 11.4. The fourth-order valence-electron chi connectivity index (χ4n) is 3.55. The van der Waals surface area contributed by atoms with Crippen LogP contribution in [0.1, 0.15) is 13.8 Å². The Bertz CT molecular complexity index is 410. The highest BCUT2D eigenvalue weighted by molar-refractivity contribution is 6.05. The molecular weight excluding hydrogens is 268 g/mol. The normalized spacial score (nSPS) is 39.9. The summed E-state index contributed by atoms with van der Waals surface area (Å²) in [6, 6.07) is 0. The van der Waals surface area contributed by atoms with Crippen LogP contribution in [0.3, 0.4) is 0 Å². The van der Waals surface area contributed by atoms with E-state index in [1.807, 2.05) is 0 Å². The summed E-state index contributed by atoms with van der Waals surface area (Å²) in [5.74, 6) is -2.26. The fraction of sp³-hybridized carbons (Fsp3) is 0.846. The first-order valence-corrected chi connectivity index (χ1v) is 6.88. The predicted molar refractivity (Wildman–Crippen MR) is 63.3 cm³/mol. The van der Waals surface area contributed by atoms with Crippen molar-refractivity contribution in [1.29, 1.82) is 0 Å². The number of aliphatic hydroxyl groups is 1. The largest absolute Gasteiger partial charge is 0.465 e. The minimum absolute atomic E-state index is 0.168. The highest BCUT2D eigenvalue weighted by Crippen LogP contribution is 2.68. The van der Waals surface area contributed by atoms with Gasteiger partial charge in [0, 0.05) is 11.8 Å². The SMILES string of the molecule is CCOC(=O)C1(C(=O)OCC)[C@H]2[C@H](O)[C@@H]3OC[C@@H](O3)[C@H]21. The molecule has 3 fully saturated rings. The van der Waals surface area contributed by atoms with Crippen LogP contribution in [0.25, 0.3) is 0 Å². The average molecular weight is 286 g/mol. The summed E-state index contributed by atoms with van der Waals surface area (Å²) in [5, 5.41) is 10.2. The summed E-state index contributed by atoms with van der Waals surface area (Å²) in [4.78, 5) is 24.6. The number of esters is 2. The van der Waals surface area contributed by atoms with Crippen molar-refractivity contribution in [1.82, 2.24) is 0 Å². The van der Waals surface area contributed by atoms with Gasteiger partial charge in [-0.3, -0.25) is 9.59 Å². The Morgan fingerprint density at radius 2 is 1.80 bits per heavy atom. The average Bonchev–Trinajstić information content (AvgIpc) is 2.95. The molecule has 2 bridgehead atoms. The summed E-state index contributed by atoms with van der Waals surface area (Å²) in [6.07, 6.45) is -2.17. The van der Waals surface area contributed by atoms with E-state index in [1.54, 1.807) is 13.8 Å². The van der Waals surface area contributed by atoms with E-state index in [4.69, 9.17) is 18.9 Å². The van der Waals surface area contributed by atoms with Crippen LogP contribution < -0.4 is 0 Å². The van der Waals surface area contributed by atoms with Crippen LogP contribution in [0.15, 0.2) is 0 Å². The highest BCUT2D eigenvalue weighted by atomic mass is 16.7. The summed E-state index contributed by atoms with van der Waals surface area (Å²) >= 11 is 0. The van der Waals surface area contributed by atoms with Crippen molar-refractivity contribution < 1.29 is 33.6 Å². The van der Waals surface area contributed by atoms with E-state index >= 15 is 0 Å². The summed E-state index contributed by atoms with van der Waals surface area (Å²) in [6.45, 7) is 3.95. The summed E-state index contributed by atoms with van der Waals surface area (Å²) < 4.78 is 20.8. The zero-order chi connectivity index (χ0) is 14.5. The molecule has 0 radical (unpaired) electrons. The Hall–Kier alpha value is -1.18. The third-order valence-corrected chi connectivity index (χ3v) is 4.34. The maximum Gasteiger partial charge on any atom is 0.324 e. The standard InChI is InChI=1S/C13H18O7/c1-3-17-11(15)13(12(16)18-4-2)7-6-5-19-10(20-6)9(14)8(7)13/h6-10,14H,3-5H2,1-2H3/t6-,7-,8-,9+,10-/m1/s1. The maximum absolute atomic E-state index is 12.3. The lowest BCUT2D eigenvalue weighted by Gasteiger charge is -2.21. The van der Waals surface area contributed by atoms with E-state index in [0.29, 0.717) is 0 Å². The first kappa shape index (κ1) is 13.8. The van der Waals surface area contributed by atoms with E-state index in [0.717, 1.165) is 0 Å². The highest BCUT2D eigenvalue weighted by Gasteiger charge is 2.84. The van der Waals surface area contributed by atoms with Crippen molar-refractivity contribution in [2.24, 2.45) is 17.3 Å². The van der Waals surface area contributed by atoms with Crippen molar-refractivity contribution in [3.05, 3.63) is 0 Å². The molecule has 112 valence electrons. The number of hydrogen-bond acceptors (Lipinski definition) is 7. The maximum atomic E-state index is 12.3. The first-order valence-electron chi connectivity index (χ1n) is 6.88. The quantitative estimate of drug-likeness (QED) is 0.548. The molecule has 1 aliphatic carbocycles. The minimum Gasteiger partial charge on any atom is -0.465 e. The Labute approximate surface area is 116 Å². The molecule has 0 unspecified atom stereocenters. The van der Waals surface area contributed by atoms with Gasteiger partial charge in [0.1, 0.15) is 6.10 Å². The van der Waals surface area contributed by atoms with E-state index < -0.39 is 41.6 Å². The Kier molecular flexibility index (Phi) is 3.23. The van der Waals surface area contributed by atoms with Crippen molar-refractivity contribution in [2.75, 3.05) is 19.8 Å². The molecule has 0 spiro atoms. The predicted octanol–water partition coefficient (Wildman–Crippen LogP) is -0.539. The van der Waals surface area contributed by atoms with Crippen LogP contribution in [0.2, 0.25) is 0 Å². The van der Waals surface area contributed by atoms with Gasteiger partial charge >= 0.3 is 11.9 Å². The molecule has 5 atom stereocenters. The van der Waals surface area contributed by atoms with Crippen LogP contribution in [0.4, 0.5) is 0 Å². The van der Waals surface area contributed by atoms with Gasteiger partial charge in [-0.1, -0.05) is 0 Å². The topological polar surface area (TPSA) is 91.3 Å². The molecular formula is C13H18O7. The van der Waals surface area contributed by atoms with Crippen molar-refractivity contribution in [3.8, 4) is 0 Å². The van der Waals surface area contributed by atoms with Gasteiger partial charge < -0.3 is 24.1 Å². The molecule has 0 aromatic rings. The minimum atomic E-state index is -1.44. The number of ether oxygens (including phenoxy) is 4. The van der Waals surface area contributed by atoms with E-state index in [1.165, 1.54) is 0 Å².